The molecule has 0 N–H and O–H groups in total. The Hall–Kier alpha value is -1.41. The highest BCUT2D eigenvalue weighted by atomic mass is 32.2. The molecule has 1 nitrogen and oxygen atoms in total. The molecule has 1 aliphatic heterocycles. The Morgan fingerprint density at radius 1 is 0.900 bits per heavy atom. The van der Waals surface area contributed by atoms with Gasteiger partial charge in [-0.25, -0.2) is 0 Å². The van der Waals surface area contributed by atoms with Crippen LogP contribution < -0.4 is 4.74 Å². The van der Waals surface area contributed by atoms with Crippen LogP contribution in [0.15, 0.2) is 64.1 Å². The Balaban J connectivity index is 0.000000829. The normalized spacial score (nSPS) is 13.1. The van der Waals surface area contributed by atoms with E-state index in [1.807, 2.05) is 78.0 Å². The largest absolute Gasteiger partial charge is 0.455 e. The molecule has 0 fully saturated rings. The lowest BCUT2D eigenvalue weighted by molar-refractivity contribution is 0.429. The Kier molecular flexibility index (Phi) is 10.6. The number of hydrogen-bond acceptors (Lipinski definition) is 2. The average molecular weight is 290 g/mol. The summed E-state index contributed by atoms with van der Waals surface area (Å²) in [5.74, 6) is 1.86. The van der Waals surface area contributed by atoms with Crippen molar-refractivity contribution in [3.8, 4) is 5.75 Å². The molecule has 1 aromatic carbocycles. The number of ether oxygens (including phenoxy) is 1. The number of allylic oxidation sites excluding steroid dienone is 4. The lowest BCUT2D eigenvalue weighted by atomic mass is 10.3. The minimum Gasteiger partial charge on any atom is -0.455 e. The van der Waals surface area contributed by atoms with Gasteiger partial charge in [-0.15, -0.1) is 0 Å². The quantitative estimate of drug-likeness (QED) is 0.607. The molecule has 110 valence electrons. The van der Waals surface area contributed by atoms with Crippen molar-refractivity contribution < 1.29 is 4.74 Å². The number of fused-ring (bicyclic) bond motifs is 1. The second-order valence-electron chi connectivity index (χ2n) is 3.38. The minimum absolute atomic E-state index is 0.921. The molecular formula is C18H26OS. The second kappa shape index (κ2) is 11.4. The summed E-state index contributed by atoms with van der Waals surface area (Å²) in [6.07, 6.45) is 8.10. The molecule has 0 saturated carbocycles. The van der Waals surface area contributed by atoms with Crippen LogP contribution in [0.4, 0.5) is 0 Å². The highest BCUT2D eigenvalue weighted by Crippen LogP contribution is 2.41. The zero-order valence-electron chi connectivity index (χ0n) is 13.4. The van der Waals surface area contributed by atoms with E-state index in [9.17, 15) is 0 Å². The molecule has 1 aromatic rings. The zero-order valence-corrected chi connectivity index (χ0v) is 14.3. The number of para-hydroxylation sites is 1. The van der Waals surface area contributed by atoms with Gasteiger partial charge in [-0.1, -0.05) is 63.7 Å². The summed E-state index contributed by atoms with van der Waals surface area (Å²) in [6.45, 7) is 12.0. The van der Waals surface area contributed by atoms with Crippen molar-refractivity contribution in [2.24, 2.45) is 0 Å². The van der Waals surface area contributed by atoms with E-state index in [1.54, 1.807) is 11.8 Å². The molecule has 2 rings (SSSR count). The molecule has 1 heterocycles. The van der Waals surface area contributed by atoms with E-state index in [0.29, 0.717) is 0 Å². The van der Waals surface area contributed by atoms with E-state index in [4.69, 9.17) is 4.74 Å². The Morgan fingerprint density at radius 2 is 1.50 bits per heavy atom. The maximum Gasteiger partial charge on any atom is 0.141 e. The van der Waals surface area contributed by atoms with Gasteiger partial charge in [0.25, 0.3) is 0 Å². The van der Waals surface area contributed by atoms with E-state index in [2.05, 4.69) is 12.1 Å². The van der Waals surface area contributed by atoms with Crippen LogP contribution in [0.5, 0.6) is 5.75 Å². The summed E-state index contributed by atoms with van der Waals surface area (Å²) in [4.78, 5) is 2.32. The molecule has 0 spiro atoms. The predicted octanol–water partition coefficient (Wildman–Crippen LogP) is 6.59. The molecule has 20 heavy (non-hydrogen) atoms. The molecule has 0 atom stereocenters. The molecule has 0 aromatic heterocycles. The number of rotatable bonds is 2. The van der Waals surface area contributed by atoms with Crippen LogP contribution in [-0.2, 0) is 0 Å². The van der Waals surface area contributed by atoms with E-state index in [-0.39, 0.29) is 0 Å². The van der Waals surface area contributed by atoms with Crippen LogP contribution in [0.25, 0.3) is 0 Å². The highest BCUT2D eigenvalue weighted by Gasteiger charge is 2.16. The molecule has 2 heteroatoms. The predicted molar refractivity (Wildman–Crippen MR) is 92.3 cm³/mol. The van der Waals surface area contributed by atoms with Gasteiger partial charge in [0.05, 0.1) is 9.80 Å². The SMILES string of the molecule is CC.CC.C\C=C/C1=C(\C=C/C)Sc2ccccc2O1. The first-order chi connectivity index (χ1) is 9.85. The van der Waals surface area contributed by atoms with Gasteiger partial charge in [0.15, 0.2) is 0 Å². The minimum atomic E-state index is 0.921. The van der Waals surface area contributed by atoms with Crippen molar-refractivity contribution in [2.45, 2.75) is 46.4 Å². The fourth-order valence-corrected chi connectivity index (χ4v) is 2.50. The first-order valence-electron chi connectivity index (χ1n) is 7.29. The molecule has 1 aliphatic rings. The van der Waals surface area contributed by atoms with Gasteiger partial charge in [0.1, 0.15) is 11.5 Å². The first-order valence-corrected chi connectivity index (χ1v) is 8.11. The van der Waals surface area contributed by atoms with Gasteiger partial charge in [-0.2, -0.15) is 0 Å². The van der Waals surface area contributed by atoms with Crippen LogP contribution in [0, 0.1) is 0 Å². The molecule has 0 aliphatic carbocycles. The van der Waals surface area contributed by atoms with Crippen LogP contribution in [0.2, 0.25) is 0 Å². The van der Waals surface area contributed by atoms with Gasteiger partial charge in [0, 0.05) is 0 Å². The Morgan fingerprint density at radius 3 is 2.10 bits per heavy atom. The fraction of sp³-hybridized carbons (Fsp3) is 0.333. The van der Waals surface area contributed by atoms with Crippen molar-refractivity contribution in [2.75, 3.05) is 0 Å². The van der Waals surface area contributed by atoms with Crippen molar-refractivity contribution >= 4 is 11.8 Å². The van der Waals surface area contributed by atoms with Crippen LogP contribution >= 0.6 is 11.8 Å². The number of benzene rings is 1. The topological polar surface area (TPSA) is 9.23 Å². The standard InChI is InChI=1S/C14H14OS.2C2H6/c1-3-7-11-13(8-4-2)16-14-10-6-5-9-12(14)15-11;2*1-2/h3-10H,1-2H3;2*1-2H3/b7-3-,8-4-;;. The van der Waals surface area contributed by atoms with E-state index < -0.39 is 0 Å². The Bertz CT molecular complexity index is 427. The van der Waals surface area contributed by atoms with Gasteiger partial charge in [0.2, 0.25) is 0 Å². The van der Waals surface area contributed by atoms with E-state index >= 15 is 0 Å². The van der Waals surface area contributed by atoms with Gasteiger partial charge in [-0.3, -0.25) is 0 Å². The van der Waals surface area contributed by atoms with Crippen molar-refractivity contribution in [1.82, 2.24) is 0 Å². The van der Waals surface area contributed by atoms with Gasteiger partial charge >= 0.3 is 0 Å². The van der Waals surface area contributed by atoms with E-state index in [1.165, 1.54) is 4.90 Å². The number of thioether (sulfide) groups is 1. The average Bonchev–Trinajstić information content (AvgIpc) is 2.52. The maximum atomic E-state index is 5.86. The van der Waals surface area contributed by atoms with Crippen LogP contribution in [0.1, 0.15) is 41.5 Å². The second-order valence-corrected chi connectivity index (χ2v) is 4.46. The molecule has 0 radical (unpaired) electrons. The third kappa shape index (κ3) is 5.30. The monoisotopic (exact) mass is 290 g/mol. The fourth-order valence-electron chi connectivity index (χ4n) is 1.49. The van der Waals surface area contributed by atoms with Crippen molar-refractivity contribution in [3.63, 3.8) is 0 Å². The van der Waals surface area contributed by atoms with Gasteiger partial charge in [-0.05, 0) is 38.1 Å². The lowest BCUT2D eigenvalue weighted by Crippen LogP contribution is -2.01. The third-order valence-corrected chi connectivity index (χ3v) is 3.28. The summed E-state index contributed by atoms with van der Waals surface area (Å²) in [7, 11) is 0. The summed E-state index contributed by atoms with van der Waals surface area (Å²) in [5, 5.41) is 0. The molecule has 0 saturated heterocycles. The first kappa shape index (κ1) is 18.6. The molecular weight excluding hydrogens is 264 g/mol. The smallest absolute Gasteiger partial charge is 0.141 e. The third-order valence-electron chi connectivity index (χ3n) is 2.17. The molecule has 0 unspecified atom stereocenters. The van der Waals surface area contributed by atoms with Crippen LogP contribution in [0.3, 0.4) is 0 Å². The summed E-state index contributed by atoms with van der Waals surface area (Å²) >= 11 is 1.75. The van der Waals surface area contributed by atoms with Crippen molar-refractivity contribution in [3.05, 3.63) is 59.2 Å². The number of hydrogen-bond donors (Lipinski definition) is 0. The van der Waals surface area contributed by atoms with E-state index in [0.717, 1.165) is 16.4 Å². The molecule has 0 amide bonds. The highest BCUT2D eigenvalue weighted by molar-refractivity contribution is 8.03. The van der Waals surface area contributed by atoms with Gasteiger partial charge < -0.3 is 4.74 Å². The summed E-state index contributed by atoms with van der Waals surface area (Å²) in [6, 6.07) is 8.10. The van der Waals surface area contributed by atoms with Crippen molar-refractivity contribution in [1.29, 1.82) is 0 Å². The van der Waals surface area contributed by atoms with Crippen LogP contribution in [-0.4, -0.2) is 0 Å². The Labute approximate surface area is 128 Å². The summed E-state index contributed by atoms with van der Waals surface area (Å²) in [5.41, 5.74) is 0. The summed E-state index contributed by atoms with van der Waals surface area (Å²) < 4.78 is 5.86. The molecule has 0 bridgehead atoms. The lowest BCUT2D eigenvalue weighted by Gasteiger charge is -2.19. The zero-order chi connectivity index (χ0) is 15.4. The maximum absolute atomic E-state index is 5.86.